The highest BCUT2D eigenvalue weighted by molar-refractivity contribution is 5.54. The lowest BCUT2D eigenvalue weighted by atomic mass is 10.1. The minimum atomic E-state index is 0.717. The molecule has 1 aromatic rings. The van der Waals surface area contributed by atoms with E-state index < -0.39 is 0 Å². The van der Waals surface area contributed by atoms with Crippen molar-refractivity contribution < 1.29 is 4.74 Å². The molecule has 1 fully saturated rings. The molecule has 0 bridgehead atoms. The van der Waals surface area contributed by atoms with Crippen molar-refractivity contribution in [2.24, 2.45) is 0 Å². The van der Waals surface area contributed by atoms with Crippen molar-refractivity contribution in [3.8, 4) is 5.75 Å². The molecule has 0 unspecified atom stereocenters. The lowest BCUT2D eigenvalue weighted by molar-refractivity contribution is 0.105. The Labute approximate surface area is 128 Å². The summed E-state index contributed by atoms with van der Waals surface area (Å²) in [5.41, 5.74) is 11.5. The van der Waals surface area contributed by atoms with Crippen molar-refractivity contribution in [2.45, 2.75) is 19.8 Å². The van der Waals surface area contributed by atoms with Gasteiger partial charge >= 0.3 is 0 Å². The number of hydrogen-bond acceptors (Lipinski definition) is 5. The van der Waals surface area contributed by atoms with E-state index in [1.165, 1.54) is 5.56 Å². The van der Waals surface area contributed by atoms with E-state index >= 15 is 0 Å². The molecule has 2 rings (SSSR count). The summed E-state index contributed by atoms with van der Waals surface area (Å²) in [7, 11) is 2.17. The Morgan fingerprint density at radius 2 is 2.00 bits per heavy atom. The van der Waals surface area contributed by atoms with Gasteiger partial charge in [0.1, 0.15) is 5.75 Å². The summed E-state index contributed by atoms with van der Waals surface area (Å²) in [5.74, 6) is 0.799. The highest BCUT2D eigenvalue weighted by Gasteiger charge is 2.12. The third-order valence-electron chi connectivity index (χ3n) is 3.79. The van der Waals surface area contributed by atoms with E-state index in [0.29, 0.717) is 6.61 Å². The molecule has 0 spiro atoms. The topological polar surface area (TPSA) is 53.8 Å². The SMILES string of the molecule is CCCOc1ccc(CCNN2CCN(C)CC2)cc1N. The van der Waals surface area contributed by atoms with E-state index in [-0.39, 0.29) is 0 Å². The first-order valence-electron chi connectivity index (χ1n) is 7.87. The van der Waals surface area contributed by atoms with E-state index in [2.05, 4.69) is 35.4 Å². The number of hydrogen-bond donors (Lipinski definition) is 2. The highest BCUT2D eigenvalue weighted by Crippen LogP contribution is 2.22. The summed E-state index contributed by atoms with van der Waals surface area (Å²) in [5, 5.41) is 2.31. The third-order valence-corrected chi connectivity index (χ3v) is 3.79. The lowest BCUT2D eigenvalue weighted by Crippen LogP contribution is -2.51. The minimum absolute atomic E-state index is 0.717. The molecule has 0 saturated carbocycles. The van der Waals surface area contributed by atoms with E-state index in [9.17, 15) is 0 Å². The first-order chi connectivity index (χ1) is 10.2. The van der Waals surface area contributed by atoms with E-state index in [1.807, 2.05) is 12.1 Å². The number of hydrazine groups is 1. The minimum Gasteiger partial charge on any atom is -0.491 e. The molecule has 1 aliphatic heterocycles. The smallest absolute Gasteiger partial charge is 0.142 e. The van der Waals surface area contributed by atoms with Crippen LogP contribution in [0.4, 0.5) is 5.69 Å². The van der Waals surface area contributed by atoms with Crippen LogP contribution in [0.2, 0.25) is 0 Å². The zero-order valence-electron chi connectivity index (χ0n) is 13.3. The summed E-state index contributed by atoms with van der Waals surface area (Å²) >= 11 is 0. The summed E-state index contributed by atoms with van der Waals surface area (Å²) in [6.45, 7) is 8.18. The molecule has 5 heteroatoms. The Balaban J connectivity index is 1.74. The molecule has 3 N–H and O–H groups in total. The Bertz CT molecular complexity index is 430. The van der Waals surface area contributed by atoms with Crippen LogP contribution >= 0.6 is 0 Å². The molecule has 1 aromatic carbocycles. The van der Waals surface area contributed by atoms with Gasteiger partial charge in [-0.05, 0) is 37.6 Å². The van der Waals surface area contributed by atoms with Crippen molar-refractivity contribution in [3.63, 3.8) is 0 Å². The maximum absolute atomic E-state index is 6.03. The van der Waals surface area contributed by atoms with Crippen LogP contribution in [0.1, 0.15) is 18.9 Å². The molecule has 1 aliphatic rings. The van der Waals surface area contributed by atoms with Gasteiger partial charge in [-0.2, -0.15) is 0 Å². The first-order valence-corrected chi connectivity index (χ1v) is 7.87. The van der Waals surface area contributed by atoms with Crippen LogP contribution in [-0.2, 0) is 6.42 Å². The van der Waals surface area contributed by atoms with Crippen LogP contribution in [0.3, 0.4) is 0 Å². The van der Waals surface area contributed by atoms with Crippen molar-refractivity contribution in [1.82, 2.24) is 15.3 Å². The van der Waals surface area contributed by atoms with Gasteiger partial charge in [0.15, 0.2) is 0 Å². The second kappa shape index (κ2) is 8.22. The monoisotopic (exact) mass is 292 g/mol. The molecule has 0 aromatic heterocycles. The number of nitrogen functional groups attached to an aromatic ring is 1. The Kier molecular flexibility index (Phi) is 6.29. The highest BCUT2D eigenvalue weighted by atomic mass is 16.5. The van der Waals surface area contributed by atoms with Gasteiger partial charge in [-0.3, -0.25) is 5.43 Å². The van der Waals surface area contributed by atoms with Gasteiger partial charge in [0.25, 0.3) is 0 Å². The zero-order chi connectivity index (χ0) is 15.1. The number of anilines is 1. The molecule has 118 valence electrons. The number of piperazine rings is 1. The average Bonchev–Trinajstić information content (AvgIpc) is 2.48. The molecule has 1 saturated heterocycles. The molecule has 0 atom stereocenters. The largest absolute Gasteiger partial charge is 0.491 e. The summed E-state index contributed by atoms with van der Waals surface area (Å²) in [4.78, 5) is 2.36. The van der Waals surface area contributed by atoms with Crippen molar-refractivity contribution >= 4 is 5.69 Å². The maximum atomic E-state index is 6.03. The number of nitrogens with zero attached hydrogens (tertiary/aromatic N) is 2. The van der Waals surface area contributed by atoms with Gasteiger partial charge in [0.2, 0.25) is 0 Å². The third kappa shape index (κ3) is 5.19. The van der Waals surface area contributed by atoms with Crippen LogP contribution in [-0.4, -0.2) is 56.3 Å². The Morgan fingerprint density at radius 3 is 2.67 bits per heavy atom. The van der Waals surface area contributed by atoms with E-state index in [1.54, 1.807) is 0 Å². The number of nitrogens with one attached hydrogen (secondary N) is 1. The fourth-order valence-electron chi connectivity index (χ4n) is 2.42. The van der Waals surface area contributed by atoms with Crippen molar-refractivity contribution in [2.75, 3.05) is 52.1 Å². The lowest BCUT2D eigenvalue weighted by Gasteiger charge is -2.32. The Hall–Kier alpha value is -1.30. The molecule has 1 heterocycles. The molecular formula is C16H28N4O. The second-order valence-corrected chi connectivity index (χ2v) is 5.67. The van der Waals surface area contributed by atoms with Gasteiger partial charge in [0.05, 0.1) is 12.3 Å². The fraction of sp³-hybridized carbons (Fsp3) is 0.625. The first kappa shape index (κ1) is 16.1. The van der Waals surface area contributed by atoms with Crippen molar-refractivity contribution in [1.29, 1.82) is 0 Å². The van der Waals surface area contributed by atoms with Crippen LogP contribution in [0.25, 0.3) is 0 Å². The standard InChI is InChI=1S/C16H28N4O/c1-3-12-21-16-5-4-14(13-15(16)17)6-7-18-20-10-8-19(2)9-11-20/h4-5,13,18H,3,6-12,17H2,1-2H3. The molecular weight excluding hydrogens is 264 g/mol. The number of likely N-dealkylation sites (N-methyl/N-ethyl adjacent to an activating group) is 1. The number of nitrogens with two attached hydrogens (primary N) is 1. The molecule has 5 nitrogen and oxygen atoms in total. The van der Waals surface area contributed by atoms with Crippen LogP contribution in [0.15, 0.2) is 18.2 Å². The summed E-state index contributed by atoms with van der Waals surface area (Å²) in [6.07, 6.45) is 1.97. The molecule has 0 radical (unpaired) electrons. The summed E-state index contributed by atoms with van der Waals surface area (Å²) < 4.78 is 5.60. The van der Waals surface area contributed by atoms with Crippen LogP contribution in [0.5, 0.6) is 5.75 Å². The van der Waals surface area contributed by atoms with E-state index in [0.717, 1.165) is 57.0 Å². The van der Waals surface area contributed by atoms with Gasteiger partial charge < -0.3 is 15.4 Å². The van der Waals surface area contributed by atoms with Crippen LogP contribution in [0, 0.1) is 0 Å². The molecule has 0 amide bonds. The predicted octanol–water partition coefficient (Wildman–Crippen LogP) is 1.35. The second-order valence-electron chi connectivity index (χ2n) is 5.67. The summed E-state index contributed by atoms with van der Waals surface area (Å²) in [6, 6.07) is 6.11. The maximum Gasteiger partial charge on any atom is 0.142 e. The zero-order valence-corrected chi connectivity index (χ0v) is 13.3. The predicted molar refractivity (Wildman–Crippen MR) is 87.4 cm³/mol. The van der Waals surface area contributed by atoms with Crippen LogP contribution < -0.4 is 15.9 Å². The van der Waals surface area contributed by atoms with Gasteiger partial charge in [-0.15, -0.1) is 0 Å². The average molecular weight is 292 g/mol. The molecule has 0 aliphatic carbocycles. The Morgan fingerprint density at radius 1 is 1.24 bits per heavy atom. The quantitative estimate of drug-likeness (QED) is 0.743. The van der Waals surface area contributed by atoms with Gasteiger partial charge in [-0.1, -0.05) is 13.0 Å². The van der Waals surface area contributed by atoms with E-state index in [4.69, 9.17) is 10.5 Å². The van der Waals surface area contributed by atoms with Gasteiger partial charge in [-0.25, -0.2) is 5.01 Å². The number of rotatable bonds is 7. The number of ether oxygens (including phenoxy) is 1. The normalized spacial score (nSPS) is 17.0. The van der Waals surface area contributed by atoms with Crippen molar-refractivity contribution in [3.05, 3.63) is 23.8 Å². The number of benzene rings is 1. The molecule has 21 heavy (non-hydrogen) atoms. The fourth-order valence-corrected chi connectivity index (χ4v) is 2.42. The van der Waals surface area contributed by atoms with Gasteiger partial charge in [0, 0.05) is 32.7 Å².